The van der Waals surface area contributed by atoms with Crippen molar-refractivity contribution in [2.24, 2.45) is 5.92 Å². The monoisotopic (exact) mass is 270 g/mol. The molecule has 0 radical (unpaired) electrons. The Hall–Kier alpha value is -1.31. The molecule has 2 heteroatoms. The lowest BCUT2D eigenvalue weighted by Crippen LogP contribution is -2.39. The first-order chi connectivity index (χ1) is 9.63. The summed E-state index contributed by atoms with van der Waals surface area (Å²) in [6.45, 7) is 4.34. The molecule has 0 aromatic carbocycles. The highest BCUT2D eigenvalue weighted by Gasteiger charge is 2.58. The van der Waals surface area contributed by atoms with Gasteiger partial charge in [-0.25, -0.2) is 0 Å². The molecule has 2 atom stereocenters. The lowest BCUT2D eigenvalue weighted by Gasteiger charge is -2.37. The van der Waals surface area contributed by atoms with Gasteiger partial charge in [-0.15, -0.1) is 0 Å². The number of hydrogen-bond donors (Lipinski definition) is 0. The van der Waals surface area contributed by atoms with Crippen molar-refractivity contribution in [1.82, 2.24) is 0 Å². The highest BCUT2D eigenvalue weighted by molar-refractivity contribution is 5.99. The summed E-state index contributed by atoms with van der Waals surface area (Å²) >= 11 is 0. The molecule has 4 rings (SSSR count). The lowest BCUT2D eigenvalue weighted by molar-refractivity contribution is -0.116. The Morgan fingerprint density at radius 1 is 1.20 bits per heavy atom. The summed E-state index contributed by atoms with van der Waals surface area (Å²) in [5, 5.41) is 0. The third-order valence-corrected chi connectivity index (χ3v) is 5.47. The second kappa shape index (κ2) is 4.09. The van der Waals surface area contributed by atoms with Crippen LogP contribution in [-0.2, 0) is 9.53 Å². The molecular formula is C18H22O2. The molecule has 1 heterocycles. The number of hydrogen-bond acceptors (Lipinski definition) is 2. The average Bonchev–Trinajstić information content (AvgIpc) is 2.89. The van der Waals surface area contributed by atoms with Gasteiger partial charge in [0.2, 0.25) is 0 Å². The molecule has 0 aromatic heterocycles. The topological polar surface area (TPSA) is 26.3 Å². The van der Waals surface area contributed by atoms with Crippen molar-refractivity contribution in [3.05, 3.63) is 34.1 Å². The van der Waals surface area contributed by atoms with Gasteiger partial charge in [-0.2, -0.15) is 0 Å². The minimum absolute atomic E-state index is 0.171. The van der Waals surface area contributed by atoms with E-state index in [0.29, 0.717) is 12.2 Å². The Morgan fingerprint density at radius 3 is 2.85 bits per heavy atom. The summed E-state index contributed by atoms with van der Waals surface area (Å²) < 4.78 is 6.49. The summed E-state index contributed by atoms with van der Waals surface area (Å²) in [5.41, 5.74) is 5.01. The molecule has 0 saturated heterocycles. The number of rotatable bonds is 0. The van der Waals surface area contributed by atoms with Crippen LogP contribution in [0.3, 0.4) is 0 Å². The van der Waals surface area contributed by atoms with E-state index in [-0.39, 0.29) is 11.5 Å². The van der Waals surface area contributed by atoms with Crippen molar-refractivity contribution in [1.29, 1.82) is 0 Å². The van der Waals surface area contributed by atoms with E-state index in [2.05, 4.69) is 19.9 Å². The van der Waals surface area contributed by atoms with Crippen LogP contribution in [0.15, 0.2) is 34.1 Å². The maximum atomic E-state index is 12.5. The van der Waals surface area contributed by atoms with E-state index in [1.807, 2.05) is 0 Å². The zero-order valence-electron chi connectivity index (χ0n) is 12.4. The third-order valence-electron chi connectivity index (χ3n) is 5.47. The van der Waals surface area contributed by atoms with Crippen LogP contribution in [0.5, 0.6) is 0 Å². The second-order valence-electron chi connectivity index (χ2n) is 6.87. The molecule has 1 saturated carbocycles. The Bertz CT molecular complexity index is 587. The van der Waals surface area contributed by atoms with Crippen molar-refractivity contribution < 1.29 is 9.53 Å². The van der Waals surface area contributed by atoms with E-state index >= 15 is 0 Å². The first kappa shape index (κ1) is 12.4. The molecule has 3 aliphatic carbocycles. The van der Waals surface area contributed by atoms with Crippen LogP contribution in [0, 0.1) is 5.92 Å². The molecule has 0 aromatic rings. The molecule has 2 nitrogen and oxygen atoms in total. The minimum Gasteiger partial charge on any atom is -0.486 e. The van der Waals surface area contributed by atoms with Gasteiger partial charge < -0.3 is 4.74 Å². The number of fused-ring (bicyclic) bond motifs is 1. The normalized spacial score (nSPS) is 35.3. The standard InChI is InChI=1S/C18H22O2/c1-11(2)13-10-12-6-3-4-9-18(12)17(13)16-14(19)7-5-8-15(16)20-18/h10,17H,3-9H2,1-2H3/t17-,18-/m1/s1. The molecule has 0 bridgehead atoms. The van der Waals surface area contributed by atoms with Crippen molar-refractivity contribution in [3.8, 4) is 0 Å². The fourth-order valence-electron chi connectivity index (χ4n) is 4.60. The van der Waals surface area contributed by atoms with Crippen LogP contribution in [0.25, 0.3) is 0 Å². The molecule has 1 aliphatic heterocycles. The predicted molar refractivity (Wildman–Crippen MR) is 78.1 cm³/mol. The predicted octanol–water partition coefficient (Wildman–Crippen LogP) is 4.23. The Balaban J connectivity index is 1.89. The van der Waals surface area contributed by atoms with Gasteiger partial charge in [0.1, 0.15) is 11.4 Å². The van der Waals surface area contributed by atoms with Gasteiger partial charge in [-0.3, -0.25) is 4.79 Å². The molecule has 106 valence electrons. The van der Waals surface area contributed by atoms with Crippen molar-refractivity contribution in [2.75, 3.05) is 0 Å². The van der Waals surface area contributed by atoms with Gasteiger partial charge in [0.15, 0.2) is 5.78 Å². The second-order valence-corrected chi connectivity index (χ2v) is 6.87. The summed E-state index contributed by atoms with van der Waals surface area (Å²) in [4.78, 5) is 12.5. The number of carbonyl (C=O) groups excluding carboxylic acids is 1. The van der Waals surface area contributed by atoms with Crippen molar-refractivity contribution >= 4 is 5.78 Å². The number of carbonyl (C=O) groups is 1. The number of allylic oxidation sites excluding steroid dienone is 3. The summed E-state index contributed by atoms with van der Waals surface area (Å²) in [6.07, 6.45) is 9.69. The molecule has 0 unspecified atom stereocenters. The molecule has 20 heavy (non-hydrogen) atoms. The van der Waals surface area contributed by atoms with Crippen LogP contribution in [-0.4, -0.2) is 11.4 Å². The largest absolute Gasteiger partial charge is 0.486 e. The highest BCUT2D eigenvalue weighted by atomic mass is 16.5. The third kappa shape index (κ3) is 1.43. The zero-order chi connectivity index (χ0) is 13.9. The van der Waals surface area contributed by atoms with Gasteiger partial charge in [-0.05, 0) is 57.1 Å². The van der Waals surface area contributed by atoms with Crippen LogP contribution >= 0.6 is 0 Å². The molecule has 0 N–H and O–H groups in total. The van der Waals surface area contributed by atoms with E-state index < -0.39 is 0 Å². The summed E-state index contributed by atoms with van der Waals surface area (Å²) in [7, 11) is 0. The quantitative estimate of drug-likeness (QED) is 0.658. The fraction of sp³-hybridized carbons (Fsp3) is 0.611. The van der Waals surface area contributed by atoms with Gasteiger partial charge >= 0.3 is 0 Å². The maximum Gasteiger partial charge on any atom is 0.163 e. The fourth-order valence-corrected chi connectivity index (χ4v) is 4.60. The van der Waals surface area contributed by atoms with Gasteiger partial charge in [0.05, 0.1) is 5.92 Å². The van der Waals surface area contributed by atoms with E-state index in [1.165, 1.54) is 29.6 Å². The van der Waals surface area contributed by atoms with Crippen LogP contribution in [0.1, 0.15) is 58.8 Å². The van der Waals surface area contributed by atoms with Crippen LogP contribution < -0.4 is 0 Å². The van der Waals surface area contributed by atoms with Crippen molar-refractivity contribution in [2.45, 2.75) is 64.4 Å². The summed E-state index contributed by atoms with van der Waals surface area (Å²) in [5.74, 6) is 1.58. The number of ketones is 1. The number of Topliss-reactive ketones (excluding diaryl/α,β-unsaturated/α-hetero) is 1. The molecule has 1 fully saturated rings. The molecule has 1 spiro atoms. The van der Waals surface area contributed by atoms with E-state index in [9.17, 15) is 4.79 Å². The van der Waals surface area contributed by atoms with E-state index in [0.717, 1.165) is 37.0 Å². The minimum atomic E-state index is -0.171. The zero-order valence-corrected chi connectivity index (χ0v) is 12.4. The average molecular weight is 270 g/mol. The maximum absolute atomic E-state index is 12.5. The highest BCUT2D eigenvalue weighted by Crippen LogP contribution is 2.60. The van der Waals surface area contributed by atoms with Crippen LogP contribution in [0.2, 0.25) is 0 Å². The van der Waals surface area contributed by atoms with E-state index in [1.54, 1.807) is 0 Å². The van der Waals surface area contributed by atoms with E-state index in [4.69, 9.17) is 4.74 Å². The summed E-state index contributed by atoms with van der Waals surface area (Å²) in [6, 6.07) is 0. The van der Waals surface area contributed by atoms with Crippen molar-refractivity contribution in [3.63, 3.8) is 0 Å². The Labute approximate surface area is 120 Å². The van der Waals surface area contributed by atoms with Gasteiger partial charge in [-0.1, -0.05) is 11.6 Å². The molecular weight excluding hydrogens is 248 g/mol. The van der Waals surface area contributed by atoms with Crippen LogP contribution in [0.4, 0.5) is 0 Å². The number of ether oxygens (including phenoxy) is 1. The van der Waals surface area contributed by atoms with Gasteiger partial charge in [0, 0.05) is 18.4 Å². The SMILES string of the molecule is CC(C)=C1C=C2CCCC[C@@]23OC2=C(C(=O)CCC2)[C@@H]13. The molecule has 0 amide bonds. The Morgan fingerprint density at radius 2 is 2.05 bits per heavy atom. The van der Waals surface area contributed by atoms with Gasteiger partial charge in [0.25, 0.3) is 0 Å². The first-order valence-corrected chi connectivity index (χ1v) is 7.97. The first-order valence-electron chi connectivity index (χ1n) is 7.97. The molecule has 4 aliphatic rings. The Kier molecular flexibility index (Phi) is 2.55. The smallest absolute Gasteiger partial charge is 0.163 e. The lowest BCUT2D eigenvalue weighted by atomic mass is 9.71.